The van der Waals surface area contributed by atoms with Gasteiger partial charge in [0.25, 0.3) is 5.91 Å². The zero-order chi connectivity index (χ0) is 16.8. The zero-order valence-electron chi connectivity index (χ0n) is 14.7. The normalized spacial score (nSPS) is 15.4. The second kappa shape index (κ2) is 10.5. The lowest BCUT2D eigenvalue weighted by atomic mass is 9.79. The maximum Gasteiger partial charge on any atom is 0.251 e. The number of carbonyl (C=O) groups excluding carboxylic acids is 1. The van der Waals surface area contributed by atoms with E-state index >= 15 is 0 Å². The number of nitrogens with zero attached hydrogens (tertiary/aromatic N) is 3. The molecule has 2 aromatic heterocycles. The molecule has 0 aromatic carbocycles. The van der Waals surface area contributed by atoms with Crippen molar-refractivity contribution in [1.82, 2.24) is 25.2 Å². The van der Waals surface area contributed by atoms with Crippen LogP contribution in [0.25, 0.3) is 5.82 Å². The SMILES string of the molecule is COCC1(CNC(=O)c2ccnc(-n3ccnc3)c2)CCNCC1.Cl.Cl. The Morgan fingerprint density at radius 1 is 1.35 bits per heavy atom. The van der Waals surface area contributed by atoms with Gasteiger partial charge in [0.2, 0.25) is 0 Å². The molecule has 1 fully saturated rings. The molecule has 7 nitrogen and oxygen atoms in total. The first-order valence-corrected chi connectivity index (χ1v) is 8.15. The van der Waals surface area contributed by atoms with Crippen molar-refractivity contribution in [2.24, 2.45) is 5.41 Å². The lowest BCUT2D eigenvalue weighted by Crippen LogP contribution is -2.47. The van der Waals surface area contributed by atoms with Crippen LogP contribution in [-0.2, 0) is 4.74 Å². The Balaban J connectivity index is 0.00000169. The number of ether oxygens (including phenoxy) is 1. The Labute approximate surface area is 165 Å². The molecule has 0 unspecified atom stereocenters. The third-order valence-corrected chi connectivity index (χ3v) is 4.52. The van der Waals surface area contributed by atoms with Gasteiger partial charge in [0.15, 0.2) is 0 Å². The Morgan fingerprint density at radius 3 is 2.77 bits per heavy atom. The molecule has 1 saturated heterocycles. The third kappa shape index (κ3) is 5.41. The molecule has 1 amide bonds. The van der Waals surface area contributed by atoms with E-state index in [1.807, 2.05) is 0 Å². The van der Waals surface area contributed by atoms with E-state index in [1.54, 1.807) is 48.7 Å². The number of nitrogens with one attached hydrogen (secondary N) is 2. The first-order chi connectivity index (χ1) is 11.7. The quantitative estimate of drug-likeness (QED) is 0.771. The second-order valence-electron chi connectivity index (χ2n) is 6.24. The minimum absolute atomic E-state index is 0. The minimum Gasteiger partial charge on any atom is -0.384 e. The number of piperidine rings is 1. The molecule has 0 saturated carbocycles. The molecule has 26 heavy (non-hydrogen) atoms. The number of carbonyl (C=O) groups is 1. The molecule has 3 rings (SSSR count). The van der Waals surface area contributed by atoms with Gasteiger partial charge in [-0.05, 0) is 38.1 Å². The van der Waals surface area contributed by atoms with Crippen LogP contribution in [0.15, 0.2) is 37.1 Å². The van der Waals surface area contributed by atoms with Crippen molar-refractivity contribution >= 4 is 30.7 Å². The van der Waals surface area contributed by atoms with Crippen LogP contribution in [-0.4, -0.2) is 53.8 Å². The number of methoxy groups -OCH3 is 1. The summed E-state index contributed by atoms with van der Waals surface area (Å²) < 4.78 is 7.17. The van der Waals surface area contributed by atoms with Crippen LogP contribution in [0.1, 0.15) is 23.2 Å². The second-order valence-corrected chi connectivity index (χ2v) is 6.24. The minimum atomic E-state index is -0.0900. The van der Waals surface area contributed by atoms with E-state index in [-0.39, 0.29) is 36.1 Å². The number of halogens is 2. The lowest BCUT2D eigenvalue weighted by Gasteiger charge is -2.37. The number of hydrogen-bond acceptors (Lipinski definition) is 5. The molecule has 144 valence electrons. The summed E-state index contributed by atoms with van der Waals surface area (Å²) in [5.74, 6) is 0.585. The average molecular weight is 402 g/mol. The van der Waals surface area contributed by atoms with Crippen LogP contribution in [0, 0.1) is 5.41 Å². The highest BCUT2D eigenvalue weighted by atomic mass is 35.5. The predicted octanol–water partition coefficient (Wildman–Crippen LogP) is 1.86. The summed E-state index contributed by atoms with van der Waals surface area (Å²) in [5, 5.41) is 6.42. The molecule has 0 atom stereocenters. The monoisotopic (exact) mass is 401 g/mol. The number of hydrogen-bond donors (Lipinski definition) is 2. The van der Waals surface area contributed by atoms with Crippen LogP contribution >= 0.6 is 24.8 Å². The Kier molecular flexibility index (Phi) is 9.01. The van der Waals surface area contributed by atoms with E-state index in [1.165, 1.54) is 0 Å². The van der Waals surface area contributed by atoms with E-state index in [9.17, 15) is 4.79 Å². The van der Waals surface area contributed by atoms with E-state index in [4.69, 9.17) is 4.74 Å². The van der Waals surface area contributed by atoms with Crippen LogP contribution in [0.3, 0.4) is 0 Å². The number of pyridine rings is 1. The fourth-order valence-corrected chi connectivity index (χ4v) is 3.10. The van der Waals surface area contributed by atoms with Gasteiger partial charge in [0, 0.05) is 43.2 Å². The van der Waals surface area contributed by atoms with Gasteiger partial charge >= 0.3 is 0 Å². The predicted molar refractivity (Wildman–Crippen MR) is 105 cm³/mol. The van der Waals surface area contributed by atoms with Crippen molar-refractivity contribution in [3.63, 3.8) is 0 Å². The molecule has 3 heterocycles. The van der Waals surface area contributed by atoms with E-state index in [0.717, 1.165) is 25.9 Å². The fraction of sp³-hybridized carbons (Fsp3) is 0.471. The van der Waals surface area contributed by atoms with Crippen molar-refractivity contribution in [2.45, 2.75) is 12.8 Å². The summed E-state index contributed by atoms with van der Waals surface area (Å²) >= 11 is 0. The van der Waals surface area contributed by atoms with Gasteiger partial charge in [0.1, 0.15) is 12.1 Å². The van der Waals surface area contributed by atoms with Gasteiger partial charge in [-0.25, -0.2) is 9.97 Å². The summed E-state index contributed by atoms with van der Waals surface area (Å²) in [6, 6.07) is 3.49. The van der Waals surface area contributed by atoms with Gasteiger partial charge < -0.3 is 15.4 Å². The fourth-order valence-electron chi connectivity index (χ4n) is 3.10. The van der Waals surface area contributed by atoms with Gasteiger partial charge in [0.05, 0.1) is 6.61 Å². The Morgan fingerprint density at radius 2 is 2.12 bits per heavy atom. The van der Waals surface area contributed by atoms with E-state index in [2.05, 4.69) is 20.6 Å². The van der Waals surface area contributed by atoms with E-state index < -0.39 is 0 Å². The molecule has 0 spiro atoms. The summed E-state index contributed by atoms with van der Waals surface area (Å²) in [6.45, 7) is 3.19. The zero-order valence-corrected chi connectivity index (χ0v) is 16.3. The van der Waals surface area contributed by atoms with Crippen molar-refractivity contribution in [2.75, 3.05) is 33.4 Å². The topological polar surface area (TPSA) is 81.1 Å². The highest BCUT2D eigenvalue weighted by Gasteiger charge is 2.32. The number of amides is 1. The van der Waals surface area contributed by atoms with Crippen molar-refractivity contribution in [3.8, 4) is 5.82 Å². The summed E-state index contributed by atoms with van der Waals surface area (Å²) in [4.78, 5) is 20.8. The number of rotatable bonds is 6. The van der Waals surface area contributed by atoms with Gasteiger partial charge in [-0.1, -0.05) is 0 Å². The first-order valence-electron chi connectivity index (χ1n) is 8.15. The largest absolute Gasteiger partial charge is 0.384 e. The first kappa shape index (κ1) is 22.4. The molecule has 0 aliphatic carbocycles. The summed E-state index contributed by atoms with van der Waals surface area (Å²) in [7, 11) is 1.71. The van der Waals surface area contributed by atoms with Gasteiger partial charge in [-0.2, -0.15) is 0 Å². The highest BCUT2D eigenvalue weighted by molar-refractivity contribution is 5.94. The summed E-state index contributed by atoms with van der Waals surface area (Å²) in [6.07, 6.45) is 8.77. The van der Waals surface area contributed by atoms with Crippen LogP contribution in [0.5, 0.6) is 0 Å². The molecule has 0 radical (unpaired) electrons. The highest BCUT2D eigenvalue weighted by Crippen LogP contribution is 2.28. The molecule has 2 aromatic rings. The van der Waals surface area contributed by atoms with Crippen molar-refractivity contribution < 1.29 is 9.53 Å². The van der Waals surface area contributed by atoms with Crippen LogP contribution in [0.4, 0.5) is 0 Å². The molecule has 2 N–H and O–H groups in total. The smallest absolute Gasteiger partial charge is 0.251 e. The third-order valence-electron chi connectivity index (χ3n) is 4.52. The molecular weight excluding hydrogens is 377 g/mol. The molecule has 1 aliphatic heterocycles. The van der Waals surface area contributed by atoms with Crippen molar-refractivity contribution in [1.29, 1.82) is 0 Å². The maximum atomic E-state index is 12.5. The van der Waals surface area contributed by atoms with Crippen molar-refractivity contribution in [3.05, 3.63) is 42.6 Å². The average Bonchev–Trinajstić information content (AvgIpc) is 3.16. The molecule has 1 aliphatic rings. The van der Waals surface area contributed by atoms with Gasteiger partial charge in [-0.3, -0.25) is 9.36 Å². The molecular formula is C17H25Cl2N5O2. The molecule has 9 heteroatoms. The van der Waals surface area contributed by atoms with Gasteiger partial charge in [-0.15, -0.1) is 24.8 Å². The van der Waals surface area contributed by atoms with Crippen LogP contribution < -0.4 is 10.6 Å². The Bertz CT molecular complexity index is 670. The lowest BCUT2D eigenvalue weighted by molar-refractivity contribution is 0.0511. The molecule has 0 bridgehead atoms. The Hall–Kier alpha value is -1.67. The number of aromatic nitrogens is 3. The summed E-state index contributed by atoms with van der Waals surface area (Å²) in [5.41, 5.74) is 0.603. The standard InChI is InChI=1S/C17H23N5O2.2ClH/c1-24-12-17(3-6-18-7-4-17)11-21-16(23)14-2-5-20-15(10-14)22-9-8-19-13-22;;/h2,5,8-10,13,18H,3-4,6-7,11-12H2,1H3,(H,21,23);2*1H. The van der Waals surface area contributed by atoms with E-state index in [0.29, 0.717) is 24.5 Å². The number of imidazole rings is 1. The maximum absolute atomic E-state index is 12.5. The van der Waals surface area contributed by atoms with Crippen LogP contribution in [0.2, 0.25) is 0 Å².